The molecule has 0 aliphatic heterocycles. The minimum Gasteiger partial charge on any atom is -0.469 e. The van der Waals surface area contributed by atoms with Crippen LogP contribution >= 0.6 is 11.3 Å². The summed E-state index contributed by atoms with van der Waals surface area (Å²) >= 11 is 0.952. The highest BCUT2D eigenvalue weighted by atomic mass is 32.1. The van der Waals surface area contributed by atoms with E-state index in [0.717, 1.165) is 28.9 Å². The number of rotatable bonds is 8. The predicted octanol–water partition coefficient (Wildman–Crippen LogP) is 4.28. The van der Waals surface area contributed by atoms with Crippen LogP contribution < -0.4 is 10.6 Å². The lowest BCUT2D eigenvalue weighted by atomic mass is 10.1. The first-order valence-electron chi connectivity index (χ1n) is 9.11. The van der Waals surface area contributed by atoms with Gasteiger partial charge in [-0.3, -0.25) is 0 Å². The molecule has 2 N–H and O–H groups in total. The van der Waals surface area contributed by atoms with Crippen molar-refractivity contribution in [3.8, 4) is 0 Å². The maximum absolute atomic E-state index is 12.7. The monoisotopic (exact) mass is 422 g/mol. The van der Waals surface area contributed by atoms with E-state index in [1.54, 1.807) is 6.26 Å². The molecule has 0 spiro atoms. The largest absolute Gasteiger partial charge is 0.469 e. The standard InChI is InChI=1S/C20H21F3N4OS/c21-20(22,23)17-14-29-18(27-17)13-26-19(25-11-9-16-7-4-12-28-16)24-10-8-15-5-2-1-3-6-15/h1-7,12,14H,8-11,13H2,(H2,24,25,26). The van der Waals surface area contributed by atoms with Crippen LogP contribution in [0.3, 0.4) is 0 Å². The number of guanidine groups is 1. The van der Waals surface area contributed by atoms with Gasteiger partial charge in [-0.25, -0.2) is 9.98 Å². The highest BCUT2D eigenvalue weighted by Gasteiger charge is 2.33. The fourth-order valence-corrected chi connectivity index (χ4v) is 3.29. The van der Waals surface area contributed by atoms with Crippen molar-refractivity contribution in [2.45, 2.75) is 25.6 Å². The number of alkyl halides is 3. The number of nitrogens with zero attached hydrogens (tertiary/aromatic N) is 2. The molecule has 0 fully saturated rings. The lowest BCUT2D eigenvalue weighted by molar-refractivity contribution is -0.140. The summed E-state index contributed by atoms with van der Waals surface area (Å²) < 4.78 is 43.4. The number of halogens is 3. The third kappa shape index (κ3) is 6.94. The maximum Gasteiger partial charge on any atom is 0.434 e. The van der Waals surface area contributed by atoms with Crippen molar-refractivity contribution in [2.24, 2.45) is 4.99 Å². The van der Waals surface area contributed by atoms with Crippen LogP contribution in [-0.2, 0) is 25.6 Å². The van der Waals surface area contributed by atoms with Crippen molar-refractivity contribution in [1.29, 1.82) is 0 Å². The van der Waals surface area contributed by atoms with Crippen LogP contribution in [0.2, 0.25) is 0 Å². The van der Waals surface area contributed by atoms with Crippen molar-refractivity contribution < 1.29 is 17.6 Å². The Balaban J connectivity index is 1.57. The van der Waals surface area contributed by atoms with E-state index in [1.807, 2.05) is 42.5 Å². The average molecular weight is 422 g/mol. The van der Waals surface area contributed by atoms with Gasteiger partial charge < -0.3 is 15.1 Å². The van der Waals surface area contributed by atoms with Crippen molar-refractivity contribution in [1.82, 2.24) is 15.6 Å². The van der Waals surface area contributed by atoms with E-state index >= 15 is 0 Å². The smallest absolute Gasteiger partial charge is 0.434 e. The molecule has 29 heavy (non-hydrogen) atoms. The Labute approximate surface area is 170 Å². The van der Waals surface area contributed by atoms with Crippen molar-refractivity contribution in [2.75, 3.05) is 13.1 Å². The summed E-state index contributed by atoms with van der Waals surface area (Å²) in [5.41, 5.74) is 0.307. The fraction of sp³-hybridized carbons (Fsp3) is 0.300. The van der Waals surface area contributed by atoms with Crippen molar-refractivity contribution >= 4 is 17.3 Å². The molecule has 0 atom stereocenters. The predicted molar refractivity (Wildman–Crippen MR) is 107 cm³/mol. The third-order valence-corrected chi connectivity index (χ3v) is 4.84. The molecule has 3 aromatic rings. The van der Waals surface area contributed by atoms with Gasteiger partial charge in [0.1, 0.15) is 10.8 Å². The van der Waals surface area contributed by atoms with Gasteiger partial charge in [0.15, 0.2) is 11.7 Å². The number of hydrogen-bond acceptors (Lipinski definition) is 4. The highest BCUT2D eigenvalue weighted by molar-refractivity contribution is 7.09. The van der Waals surface area contributed by atoms with Crippen molar-refractivity contribution in [3.63, 3.8) is 0 Å². The molecule has 154 valence electrons. The Bertz CT molecular complexity index is 892. The van der Waals surface area contributed by atoms with Crippen LogP contribution in [0.15, 0.2) is 63.5 Å². The SMILES string of the molecule is FC(F)(F)c1csc(CN=C(NCCc2ccccc2)NCCc2ccco2)n1. The van der Waals surface area contributed by atoms with E-state index in [1.165, 1.54) is 5.56 Å². The molecule has 9 heteroatoms. The van der Waals surface area contributed by atoms with Gasteiger partial charge in [0.05, 0.1) is 12.8 Å². The summed E-state index contributed by atoms with van der Waals surface area (Å²) in [7, 11) is 0. The minimum atomic E-state index is -4.43. The minimum absolute atomic E-state index is 0.0716. The molecule has 2 aromatic heterocycles. The van der Waals surface area contributed by atoms with Crippen LogP contribution in [0.5, 0.6) is 0 Å². The average Bonchev–Trinajstić information content (AvgIpc) is 3.38. The van der Waals surface area contributed by atoms with Crippen LogP contribution in [0, 0.1) is 0 Å². The molecule has 0 bridgehead atoms. The summed E-state index contributed by atoms with van der Waals surface area (Å²) in [5, 5.41) is 7.73. The molecule has 0 radical (unpaired) electrons. The van der Waals surface area contributed by atoms with E-state index in [9.17, 15) is 13.2 Å². The normalized spacial score (nSPS) is 12.2. The molecule has 3 rings (SSSR count). The zero-order valence-corrected chi connectivity index (χ0v) is 16.4. The Morgan fingerprint density at radius 2 is 1.79 bits per heavy atom. The molecule has 0 aliphatic carbocycles. The molecule has 0 unspecified atom stereocenters. The second-order valence-electron chi connectivity index (χ2n) is 6.21. The van der Waals surface area contributed by atoms with Crippen LogP contribution in [-0.4, -0.2) is 24.0 Å². The molecule has 0 saturated carbocycles. The topological polar surface area (TPSA) is 62.5 Å². The highest BCUT2D eigenvalue weighted by Crippen LogP contribution is 2.30. The Morgan fingerprint density at radius 3 is 2.45 bits per heavy atom. The van der Waals surface area contributed by atoms with Gasteiger partial charge in [-0.15, -0.1) is 11.3 Å². The van der Waals surface area contributed by atoms with Gasteiger partial charge in [0.2, 0.25) is 0 Å². The Hall–Kier alpha value is -2.81. The molecule has 5 nitrogen and oxygen atoms in total. The molecule has 2 heterocycles. The number of nitrogens with one attached hydrogen (secondary N) is 2. The van der Waals surface area contributed by atoms with Gasteiger partial charge in [-0.2, -0.15) is 13.2 Å². The third-order valence-electron chi connectivity index (χ3n) is 4.01. The number of aromatic nitrogens is 1. The van der Waals surface area contributed by atoms with Gasteiger partial charge in [0.25, 0.3) is 0 Å². The maximum atomic E-state index is 12.7. The van der Waals surface area contributed by atoms with Gasteiger partial charge >= 0.3 is 6.18 Å². The van der Waals surface area contributed by atoms with E-state index in [4.69, 9.17) is 4.42 Å². The molecule has 0 saturated heterocycles. The number of thiazole rings is 1. The summed E-state index contributed by atoms with van der Waals surface area (Å²) in [5.74, 6) is 1.37. The van der Waals surface area contributed by atoms with E-state index in [-0.39, 0.29) is 6.54 Å². The summed E-state index contributed by atoms with van der Waals surface area (Å²) in [6, 6.07) is 13.7. The second-order valence-corrected chi connectivity index (χ2v) is 7.15. The summed E-state index contributed by atoms with van der Waals surface area (Å²) in [4.78, 5) is 8.00. The number of furan rings is 1. The van der Waals surface area contributed by atoms with Crippen LogP contribution in [0.25, 0.3) is 0 Å². The lowest BCUT2D eigenvalue weighted by Crippen LogP contribution is -2.39. The lowest BCUT2D eigenvalue weighted by Gasteiger charge is -2.12. The second kappa shape index (κ2) is 10.1. The summed E-state index contributed by atoms with van der Waals surface area (Å²) in [6.07, 6.45) is -1.35. The number of hydrogen-bond donors (Lipinski definition) is 2. The fourth-order valence-electron chi connectivity index (χ4n) is 2.56. The van der Waals surface area contributed by atoms with Gasteiger partial charge in [-0.05, 0) is 24.1 Å². The van der Waals surface area contributed by atoms with E-state index in [0.29, 0.717) is 30.5 Å². The molecular formula is C20H21F3N4OS. The van der Waals surface area contributed by atoms with E-state index < -0.39 is 11.9 Å². The van der Waals surface area contributed by atoms with Gasteiger partial charge in [-0.1, -0.05) is 30.3 Å². The summed E-state index contributed by atoms with van der Waals surface area (Å²) in [6.45, 7) is 1.29. The number of benzene rings is 1. The molecular weight excluding hydrogens is 401 g/mol. The zero-order chi connectivity index (χ0) is 20.5. The Morgan fingerprint density at radius 1 is 1.03 bits per heavy atom. The first-order valence-corrected chi connectivity index (χ1v) is 9.99. The Kier molecular flexibility index (Phi) is 7.29. The van der Waals surface area contributed by atoms with E-state index in [2.05, 4.69) is 20.6 Å². The molecule has 0 aliphatic rings. The van der Waals surface area contributed by atoms with Gasteiger partial charge in [0, 0.05) is 24.9 Å². The van der Waals surface area contributed by atoms with Crippen LogP contribution in [0.4, 0.5) is 13.2 Å². The van der Waals surface area contributed by atoms with Crippen LogP contribution in [0.1, 0.15) is 22.0 Å². The zero-order valence-electron chi connectivity index (χ0n) is 15.6. The first-order chi connectivity index (χ1) is 14.0. The number of aliphatic imine (C=N–C) groups is 1. The molecule has 0 amide bonds. The van der Waals surface area contributed by atoms with Crippen molar-refractivity contribution in [3.05, 3.63) is 76.1 Å². The molecule has 1 aromatic carbocycles. The quantitative estimate of drug-likeness (QED) is 0.420. The first kappa shape index (κ1) is 20.9.